The molecule has 0 aliphatic rings. The largest absolute Gasteiger partial charge is 0.234 e. The number of nitrogens with zero attached hydrogens (tertiary/aromatic N) is 2. The maximum absolute atomic E-state index is 6.01. The van der Waals surface area contributed by atoms with E-state index in [1.54, 1.807) is 0 Å². The van der Waals surface area contributed by atoms with Crippen LogP contribution < -0.4 is 4.57 Å². The van der Waals surface area contributed by atoms with Crippen molar-refractivity contribution in [3.8, 4) is 0 Å². The van der Waals surface area contributed by atoms with Crippen molar-refractivity contribution in [1.29, 1.82) is 0 Å². The number of benzene rings is 3. The average molecular weight is 294 g/mol. The lowest BCUT2D eigenvalue weighted by molar-refractivity contribution is -0.640. The normalized spacial score (nSPS) is 11.5. The Kier molecular flexibility index (Phi) is 2.97. The van der Waals surface area contributed by atoms with Crippen LogP contribution in [0, 0.1) is 0 Å². The molecule has 0 radical (unpaired) electrons. The highest BCUT2D eigenvalue weighted by Gasteiger charge is 2.17. The first-order valence-corrected chi connectivity index (χ1v) is 7.58. The van der Waals surface area contributed by atoms with Crippen molar-refractivity contribution in [3.05, 3.63) is 60.7 Å². The third-order valence-corrected chi connectivity index (χ3v) is 4.05. The molecule has 3 heteroatoms. The van der Waals surface area contributed by atoms with Crippen LogP contribution in [0.25, 0.3) is 32.8 Å². The molecule has 0 aliphatic heterocycles. The summed E-state index contributed by atoms with van der Waals surface area (Å²) >= 11 is 6.01. The molecule has 1 heterocycles. The Hall–Kier alpha value is -2.19. The zero-order chi connectivity index (χ0) is 14.2. The van der Waals surface area contributed by atoms with Crippen LogP contribution in [0.15, 0.2) is 60.7 Å². The van der Waals surface area contributed by atoms with Crippen molar-refractivity contribution in [2.24, 2.45) is 0 Å². The van der Waals surface area contributed by atoms with Gasteiger partial charge >= 0.3 is 0 Å². The summed E-state index contributed by atoms with van der Waals surface area (Å²) in [6.45, 7) is 0.777. The molecule has 0 aliphatic carbocycles. The standard InChI is InChI=1S/C18H14ClN2/c19-11-12-21-16-8-4-3-7-15(16)20-18-14-6-2-1-5-13(14)9-10-17(18)21/h1-10H,11-12H2/q+1. The van der Waals surface area contributed by atoms with Crippen LogP contribution in [0.5, 0.6) is 0 Å². The lowest BCUT2D eigenvalue weighted by atomic mass is 10.1. The van der Waals surface area contributed by atoms with E-state index >= 15 is 0 Å². The quantitative estimate of drug-likeness (QED) is 0.236. The zero-order valence-corrected chi connectivity index (χ0v) is 12.2. The van der Waals surface area contributed by atoms with Crippen molar-refractivity contribution in [1.82, 2.24) is 4.98 Å². The summed E-state index contributed by atoms with van der Waals surface area (Å²) in [6.07, 6.45) is 0. The van der Waals surface area contributed by atoms with E-state index in [1.165, 1.54) is 10.8 Å². The second-order valence-corrected chi connectivity index (χ2v) is 5.47. The third kappa shape index (κ3) is 1.95. The highest BCUT2D eigenvalue weighted by atomic mass is 35.5. The van der Waals surface area contributed by atoms with E-state index in [-0.39, 0.29) is 0 Å². The Balaban J connectivity index is 2.24. The van der Waals surface area contributed by atoms with Gasteiger partial charge in [0.15, 0.2) is 6.54 Å². The summed E-state index contributed by atoms with van der Waals surface area (Å²) in [5.74, 6) is 0.584. The van der Waals surface area contributed by atoms with Crippen molar-refractivity contribution in [2.45, 2.75) is 6.54 Å². The van der Waals surface area contributed by atoms with Gasteiger partial charge in [0.1, 0.15) is 11.0 Å². The molecule has 0 N–H and O–H groups in total. The van der Waals surface area contributed by atoms with Gasteiger partial charge in [0.25, 0.3) is 0 Å². The molecule has 1 aromatic heterocycles. The van der Waals surface area contributed by atoms with Crippen LogP contribution in [0.4, 0.5) is 0 Å². The second kappa shape index (κ2) is 4.97. The molecule has 2 nitrogen and oxygen atoms in total. The Morgan fingerprint density at radius 2 is 1.67 bits per heavy atom. The zero-order valence-electron chi connectivity index (χ0n) is 11.5. The summed E-state index contributed by atoms with van der Waals surface area (Å²) in [6, 6.07) is 20.9. The van der Waals surface area contributed by atoms with Crippen LogP contribution in [-0.2, 0) is 6.54 Å². The first kappa shape index (κ1) is 12.5. The predicted octanol–water partition coefficient (Wildman–Crippen LogP) is 4.07. The average Bonchev–Trinajstić information content (AvgIpc) is 2.55. The Bertz CT molecular complexity index is 963. The maximum Gasteiger partial charge on any atom is 0.232 e. The highest BCUT2D eigenvalue weighted by molar-refractivity contribution is 6.17. The molecule has 4 aromatic rings. The first-order chi connectivity index (χ1) is 10.4. The number of rotatable bonds is 2. The van der Waals surface area contributed by atoms with E-state index in [4.69, 9.17) is 16.6 Å². The minimum Gasteiger partial charge on any atom is -0.234 e. The first-order valence-electron chi connectivity index (χ1n) is 7.04. The molecule has 0 spiro atoms. The van der Waals surface area contributed by atoms with Crippen molar-refractivity contribution in [2.75, 3.05) is 5.88 Å². The van der Waals surface area contributed by atoms with E-state index in [0.717, 1.165) is 28.6 Å². The number of fused-ring (bicyclic) bond motifs is 4. The summed E-state index contributed by atoms with van der Waals surface area (Å²) in [4.78, 5) is 4.88. The van der Waals surface area contributed by atoms with Crippen LogP contribution in [0.3, 0.4) is 0 Å². The minimum absolute atomic E-state index is 0.584. The molecule has 21 heavy (non-hydrogen) atoms. The van der Waals surface area contributed by atoms with Gasteiger partial charge in [0, 0.05) is 17.5 Å². The molecule has 0 saturated carbocycles. The molecule has 102 valence electrons. The minimum atomic E-state index is 0.584. The van der Waals surface area contributed by atoms with Gasteiger partial charge in [-0.1, -0.05) is 36.4 Å². The molecule has 0 bridgehead atoms. The van der Waals surface area contributed by atoms with Crippen molar-refractivity contribution >= 4 is 44.4 Å². The second-order valence-electron chi connectivity index (χ2n) is 5.10. The molecule has 0 saturated heterocycles. The molecular formula is C18H14ClN2+. The molecule has 0 atom stereocenters. The molecular weight excluding hydrogens is 280 g/mol. The lowest BCUT2D eigenvalue weighted by Gasteiger charge is -2.06. The molecule has 0 unspecified atom stereocenters. The van der Waals surface area contributed by atoms with Crippen LogP contribution in [-0.4, -0.2) is 10.9 Å². The van der Waals surface area contributed by atoms with Gasteiger partial charge in [-0.3, -0.25) is 0 Å². The molecule has 3 aromatic carbocycles. The van der Waals surface area contributed by atoms with E-state index in [9.17, 15) is 0 Å². The van der Waals surface area contributed by atoms with E-state index in [1.807, 2.05) is 12.1 Å². The summed E-state index contributed by atoms with van der Waals surface area (Å²) in [5.41, 5.74) is 4.30. The molecule has 0 amide bonds. The monoisotopic (exact) mass is 293 g/mol. The number of aryl methyl sites for hydroxylation is 1. The van der Waals surface area contributed by atoms with Gasteiger partial charge in [0.05, 0.1) is 5.88 Å². The number of alkyl halides is 1. The molecule has 0 fully saturated rings. The Morgan fingerprint density at radius 1 is 0.857 bits per heavy atom. The van der Waals surface area contributed by atoms with Gasteiger partial charge in [0.2, 0.25) is 11.0 Å². The fourth-order valence-electron chi connectivity index (χ4n) is 2.94. The fraction of sp³-hybridized carbons (Fsp3) is 0.111. The SMILES string of the molecule is ClCC[n+]1c2ccccc2nc2c3ccccc3ccc21. The van der Waals surface area contributed by atoms with Crippen molar-refractivity contribution < 1.29 is 4.57 Å². The van der Waals surface area contributed by atoms with Crippen LogP contribution >= 0.6 is 11.6 Å². The highest BCUT2D eigenvalue weighted by Crippen LogP contribution is 2.23. The Morgan fingerprint density at radius 3 is 2.57 bits per heavy atom. The summed E-state index contributed by atoms with van der Waals surface area (Å²) < 4.78 is 2.26. The van der Waals surface area contributed by atoms with E-state index < -0.39 is 0 Å². The fourth-order valence-corrected chi connectivity index (χ4v) is 3.11. The number of para-hydroxylation sites is 2. The van der Waals surface area contributed by atoms with Gasteiger partial charge in [-0.25, -0.2) is 4.98 Å². The summed E-state index contributed by atoms with van der Waals surface area (Å²) in [7, 11) is 0. The topological polar surface area (TPSA) is 16.8 Å². The Labute approximate surface area is 127 Å². The van der Waals surface area contributed by atoms with E-state index in [0.29, 0.717) is 5.88 Å². The van der Waals surface area contributed by atoms with Gasteiger partial charge < -0.3 is 0 Å². The number of halogens is 1. The summed E-state index contributed by atoms with van der Waals surface area (Å²) in [5, 5.41) is 2.40. The van der Waals surface area contributed by atoms with Gasteiger partial charge in [-0.05, 0) is 17.5 Å². The molecule has 4 rings (SSSR count). The van der Waals surface area contributed by atoms with Crippen LogP contribution in [0.1, 0.15) is 0 Å². The number of hydrogen-bond donors (Lipinski definition) is 0. The van der Waals surface area contributed by atoms with E-state index in [2.05, 4.69) is 53.1 Å². The van der Waals surface area contributed by atoms with Gasteiger partial charge in [-0.15, -0.1) is 11.6 Å². The third-order valence-electron chi connectivity index (χ3n) is 3.88. The maximum atomic E-state index is 6.01. The number of hydrogen-bond acceptors (Lipinski definition) is 1. The van der Waals surface area contributed by atoms with Crippen LogP contribution in [0.2, 0.25) is 0 Å². The number of aromatic nitrogens is 2. The van der Waals surface area contributed by atoms with Gasteiger partial charge in [-0.2, -0.15) is 4.57 Å². The smallest absolute Gasteiger partial charge is 0.232 e. The lowest BCUT2D eigenvalue weighted by Crippen LogP contribution is -2.37. The predicted molar refractivity (Wildman–Crippen MR) is 87.7 cm³/mol. The van der Waals surface area contributed by atoms with Crippen molar-refractivity contribution in [3.63, 3.8) is 0 Å².